The number of hydrogen-bond acceptors (Lipinski definition) is 4. The van der Waals surface area contributed by atoms with Gasteiger partial charge in [-0.15, -0.1) is 0 Å². The fourth-order valence-corrected chi connectivity index (χ4v) is 2.16. The second-order valence-corrected chi connectivity index (χ2v) is 4.56. The summed E-state index contributed by atoms with van der Waals surface area (Å²) in [6, 6.07) is 0. The highest BCUT2D eigenvalue weighted by Crippen LogP contribution is 2.19. The van der Waals surface area contributed by atoms with Gasteiger partial charge in [0.05, 0.1) is 18.5 Å². The summed E-state index contributed by atoms with van der Waals surface area (Å²) >= 11 is 0. The maximum atomic E-state index is 12.0. The molecule has 0 unspecified atom stereocenters. The normalized spacial score (nSPS) is 16.1. The fourth-order valence-electron chi connectivity index (χ4n) is 2.16. The van der Waals surface area contributed by atoms with Crippen LogP contribution in [0.25, 0.3) is 0 Å². The molecule has 0 bridgehead atoms. The number of ether oxygens (including phenoxy) is 2. The van der Waals surface area contributed by atoms with E-state index >= 15 is 0 Å². The number of nitrogens with zero attached hydrogens (tertiary/aromatic N) is 2. The lowest BCUT2D eigenvalue weighted by Crippen LogP contribution is -2.22. The van der Waals surface area contributed by atoms with Gasteiger partial charge >= 0.3 is 5.97 Å². The van der Waals surface area contributed by atoms with Crippen molar-refractivity contribution in [1.29, 1.82) is 0 Å². The molecule has 1 aliphatic rings. The molecular formula is C13H20N2O3. The molecule has 5 nitrogen and oxygen atoms in total. The first-order valence-corrected chi connectivity index (χ1v) is 6.55. The molecule has 5 heteroatoms. The summed E-state index contributed by atoms with van der Waals surface area (Å²) in [5, 5.41) is 4.23. The third kappa shape index (κ3) is 2.90. The number of hydrogen-bond donors (Lipinski definition) is 0. The van der Waals surface area contributed by atoms with Gasteiger partial charge < -0.3 is 9.47 Å². The zero-order valence-electron chi connectivity index (χ0n) is 11.0. The molecule has 2 rings (SSSR count). The summed E-state index contributed by atoms with van der Waals surface area (Å²) in [4.78, 5) is 12.0. The Kier molecular flexibility index (Phi) is 4.36. The van der Waals surface area contributed by atoms with Gasteiger partial charge in [0.25, 0.3) is 0 Å². The summed E-state index contributed by atoms with van der Waals surface area (Å²) in [6.07, 6.45) is 4.54. The van der Waals surface area contributed by atoms with Crippen molar-refractivity contribution in [2.24, 2.45) is 0 Å². The molecule has 1 aromatic heterocycles. The van der Waals surface area contributed by atoms with Crippen molar-refractivity contribution in [2.75, 3.05) is 13.2 Å². The molecule has 0 saturated heterocycles. The SMILES string of the molecule is CCOC[C@H](C)OC(=O)c1cnn2c1CCCC2. The van der Waals surface area contributed by atoms with Crippen LogP contribution in [0.5, 0.6) is 0 Å². The van der Waals surface area contributed by atoms with E-state index in [4.69, 9.17) is 9.47 Å². The lowest BCUT2D eigenvalue weighted by molar-refractivity contribution is 0.00426. The van der Waals surface area contributed by atoms with Crippen LogP contribution in [0.2, 0.25) is 0 Å². The Labute approximate surface area is 107 Å². The molecule has 0 aliphatic carbocycles. The highest BCUT2D eigenvalue weighted by Gasteiger charge is 2.22. The van der Waals surface area contributed by atoms with E-state index in [-0.39, 0.29) is 12.1 Å². The second-order valence-electron chi connectivity index (χ2n) is 4.56. The molecule has 0 fully saturated rings. The number of esters is 1. The number of fused-ring (bicyclic) bond motifs is 1. The van der Waals surface area contributed by atoms with E-state index in [2.05, 4.69) is 5.10 Å². The van der Waals surface area contributed by atoms with Crippen molar-refractivity contribution in [1.82, 2.24) is 9.78 Å². The van der Waals surface area contributed by atoms with Gasteiger partial charge in [0.1, 0.15) is 11.7 Å². The van der Waals surface area contributed by atoms with Gasteiger partial charge in [0.15, 0.2) is 0 Å². The number of aryl methyl sites for hydroxylation is 1. The average molecular weight is 252 g/mol. The Hall–Kier alpha value is -1.36. The van der Waals surface area contributed by atoms with E-state index in [0.29, 0.717) is 18.8 Å². The lowest BCUT2D eigenvalue weighted by atomic mass is 10.1. The van der Waals surface area contributed by atoms with Crippen molar-refractivity contribution < 1.29 is 14.3 Å². The van der Waals surface area contributed by atoms with Gasteiger partial charge in [-0.25, -0.2) is 4.79 Å². The molecule has 1 aromatic rings. The Morgan fingerprint density at radius 1 is 1.56 bits per heavy atom. The molecule has 18 heavy (non-hydrogen) atoms. The van der Waals surface area contributed by atoms with Gasteiger partial charge in [-0.3, -0.25) is 4.68 Å². The summed E-state index contributed by atoms with van der Waals surface area (Å²) in [5.41, 5.74) is 1.62. The van der Waals surface area contributed by atoms with Gasteiger partial charge in [0, 0.05) is 13.2 Å². The molecule has 100 valence electrons. The topological polar surface area (TPSA) is 53.4 Å². The highest BCUT2D eigenvalue weighted by atomic mass is 16.6. The molecule has 1 atom stereocenters. The molecule has 0 amide bonds. The molecule has 0 saturated carbocycles. The first-order chi connectivity index (χ1) is 8.72. The van der Waals surface area contributed by atoms with Crippen molar-refractivity contribution in [3.05, 3.63) is 17.5 Å². The van der Waals surface area contributed by atoms with E-state index in [1.54, 1.807) is 6.20 Å². The lowest BCUT2D eigenvalue weighted by Gasteiger charge is -2.16. The summed E-state index contributed by atoms with van der Waals surface area (Å²) < 4.78 is 12.5. The Morgan fingerprint density at radius 2 is 2.39 bits per heavy atom. The molecule has 2 heterocycles. The minimum Gasteiger partial charge on any atom is -0.457 e. The Morgan fingerprint density at radius 3 is 3.17 bits per heavy atom. The van der Waals surface area contributed by atoms with Crippen LogP contribution < -0.4 is 0 Å². The van der Waals surface area contributed by atoms with E-state index in [0.717, 1.165) is 31.5 Å². The van der Waals surface area contributed by atoms with Crippen LogP contribution in [0, 0.1) is 0 Å². The first-order valence-electron chi connectivity index (χ1n) is 6.55. The first kappa shape index (κ1) is 13.1. The molecule has 0 N–H and O–H groups in total. The standard InChI is InChI=1S/C13H20N2O3/c1-3-17-9-10(2)18-13(16)11-8-14-15-7-5-4-6-12(11)15/h8,10H,3-7,9H2,1-2H3/t10-/m0/s1. The maximum absolute atomic E-state index is 12.0. The van der Waals surface area contributed by atoms with Crippen LogP contribution >= 0.6 is 0 Å². The molecule has 0 aromatic carbocycles. The van der Waals surface area contributed by atoms with Crippen LogP contribution in [0.1, 0.15) is 42.7 Å². The van der Waals surface area contributed by atoms with Crippen LogP contribution in [-0.4, -0.2) is 35.1 Å². The average Bonchev–Trinajstić information content (AvgIpc) is 2.80. The minimum atomic E-state index is -0.287. The number of rotatable bonds is 5. The van der Waals surface area contributed by atoms with Crippen molar-refractivity contribution in [3.63, 3.8) is 0 Å². The van der Waals surface area contributed by atoms with Crippen molar-refractivity contribution >= 4 is 5.97 Å². The van der Waals surface area contributed by atoms with E-state index in [9.17, 15) is 4.79 Å². The molecule has 1 aliphatic heterocycles. The van der Waals surface area contributed by atoms with Crippen LogP contribution in [-0.2, 0) is 22.4 Å². The molecular weight excluding hydrogens is 232 g/mol. The van der Waals surface area contributed by atoms with Crippen LogP contribution in [0.3, 0.4) is 0 Å². The fraction of sp³-hybridized carbons (Fsp3) is 0.692. The quantitative estimate of drug-likeness (QED) is 0.750. The highest BCUT2D eigenvalue weighted by molar-refractivity contribution is 5.90. The van der Waals surface area contributed by atoms with Crippen molar-refractivity contribution in [2.45, 2.75) is 45.8 Å². The van der Waals surface area contributed by atoms with Crippen LogP contribution in [0.15, 0.2) is 6.20 Å². The van der Waals surface area contributed by atoms with Gasteiger partial charge in [-0.05, 0) is 33.1 Å². The summed E-state index contributed by atoms with van der Waals surface area (Å²) in [6.45, 7) is 5.72. The molecule has 0 spiro atoms. The van der Waals surface area contributed by atoms with Gasteiger partial charge in [0.2, 0.25) is 0 Å². The second kappa shape index (κ2) is 6.00. The van der Waals surface area contributed by atoms with E-state index < -0.39 is 0 Å². The third-order valence-electron chi connectivity index (χ3n) is 3.07. The monoisotopic (exact) mass is 252 g/mol. The Balaban J connectivity index is 1.98. The summed E-state index contributed by atoms with van der Waals surface area (Å²) in [7, 11) is 0. The number of carbonyl (C=O) groups is 1. The van der Waals surface area contributed by atoms with E-state index in [1.165, 1.54) is 0 Å². The smallest absolute Gasteiger partial charge is 0.341 e. The summed E-state index contributed by atoms with van der Waals surface area (Å²) in [5.74, 6) is -0.287. The zero-order chi connectivity index (χ0) is 13.0. The predicted octanol–water partition coefficient (Wildman–Crippen LogP) is 1.80. The van der Waals surface area contributed by atoms with Gasteiger partial charge in [-0.1, -0.05) is 0 Å². The van der Waals surface area contributed by atoms with E-state index in [1.807, 2.05) is 18.5 Å². The number of aromatic nitrogens is 2. The van der Waals surface area contributed by atoms with Crippen LogP contribution in [0.4, 0.5) is 0 Å². The largest absolute Gasteiger partial charge is 0.457 e. The molecule has 0 radical (unpaired) electrons. The third-order valence-corrected chi connectivity index (χ3v) is 3.07. The predicted molar refractivity (Wildman–Crippen MR) is 66.5 cm³/mol. The minimum absolute atomic E-state index is 0.225. The number of carbonyl (C=O) groups excluding carboxylic acids is 1. The Bertz CT molecular complexity index is 414. The van der Waals surface area contributed by atoms with Crippen molar-refractivity contribution in [3.8, 4) is 0 Å². The maximum Gasteiger partial charge on any atom is 0.341 e. The zero-order valence-corrected chi connectivity index (χ0v) is 11.0. The van der Waals surface area contributed by atoms with Gasteiger partial charge in [-0.2, -0.15) is 5.10 Å².